The summed E-state index contributed by atoms with van der Waals surface area (Å²) < 4.78 is 1.85. The molecular formula is C9H9N3O. The Hall–Kier alpha value is -1.84. The molecule has 0 spiro atoms. The van der Waals surface area contributed by atoms with Crippen LogP contribution in [0, 0.1) is 0 Å². The molecule has 0 saturated carbocycles. The summed E-state index contributed by atoms with van der Waals surface area (Å²) in [6, 6.07) is 3.55. The third-order valence-electron chi connectivity index (χ3n) is 1.91. The molecule has 66 valence electrons. The van der Waals surface area contributed by atoms with E-state index in [1.165, 1.54) is 0 Å². The van der Waals surface area contributed by atoms with Gasteiger partial charge in [-0.15, -0.1) is 0 Å². The van der Waals surface area contributed by atoms with E-state index in [9.17, 15) is 4.79 Å². The van der Waals surface area contributed by atoms with E-state index >= 15 is 0 Å². The Kier molecular flexibility index (Phi) is 1.73. The number of hydrogen-bond acceptors (Lipinski definition) is 3. The van der Waals surface area contributed by atoms with E-state index < -0.39 is 0 Å². The van der Waals surface area contributed by atoms with Gasteiger partial charge >= 0.3 is 0 Å². The van der Waals surface area contributed by atoms with Crippen molar-refractivity contribution in [3.63, 3.8) is 0 Å². The Morgan fingerprint density at radius 1 is 1.62 bits per heavy atom. The van der Waals surface area contributed by atoms with E-state index in [2.05, 4.69) is 4.98 Å². The first-order chi connectivity index (χ1) is 6.31. The molecule has 0 aromatic carbocycles. The number of carbonyl (C=O) groups is 1. The average molecular weight is 175 g/mol. The highest BCUT2D eigenvalue weighted by molar-refractivity contribution is 5.57. The van der Waals surface area contributed by atoms with Crippen LogP contribution in [0.15, 0.2) is 24.5 Å². The van der Waals surface area contributed by atoms with E-state index in [-0.39, 0.29) is 0 Å². The fourth-order valence-electron chi connectivity index (χ4n) is 1.29. The van der Waals surface area contributed by atoms with Crippen molar-refractivity contribution in [2.45, 2.75) is 6.42 Å². The lowest BCUT2D eigenvalue weighted by atomic mass is 10.3. The lowest BCUT2D eigenvalue weighted by molar-refractivity contribution is -0.107. The molecule has 2 aromatic rings. The summed E-state index contributed by atoms with van der Waals surface area (Å²) in [4.78, 5) is 14.4. The van der Waals surface area contributed by atoms with Crippen LogP contribution in [0.2, 0.25) is 0 Å². The van der Waals surface area contributed by atoms with Gasteiger partial charge in [0.1, 0.15) is 11.9 Å². The van der Waals surface area contributed by atoms with Gasteiger partial charge in [0.15, 0.2) is 0 Å². The number of aldehydes is 1. The number of pyridine rings is 1. The predicted octanol–water partition coefficient (Wildman–Crippen LogP) is 0.658. The summed E-state index contributed by atoms with van der Waals surface area (Å²) in [6.07, 6.45) is 4.74. The van der Waals surface area contributed by atoms with E-state index in [4.69, 9.17) is 5.73 Å². The number of carbonyl (C=O) groups excluding carboxylic acids is 1. The number of fused-ring (bicyclic) bond motifs is 1. The number of nitrogens with two attached hydrogens (primary N) is 1. The highest BCUT2D eigenvalue weighted by atomic mass is 16.1. The fourth-order valence-corrected chi connectivity index (χ4v) is 1.29. The zero-order chi connectivity index (χ0) is 9.26. The molecule has 0 radical (unpaired) electrons. The molecule has 0 unspecified atom stereocenters. The molecule has 0 saturated heterocycles. The molecule has 2 N–H and O–H groups in total. The maximum atomic E-state index is 10.3. The van der Waals surface area contributed by atoms with Crippen LogP contribution in [0.25, 0.3) is 5.65 Å². The van der Waals surface area contributed by atoms with Crippen molar-refractivity contribution in [2.24, 2.45) is 0 Å². The molecule has 0 fully saturated rings. The van der Waals surface area contributed by atoms with Crippen LogP contribution in [-0.2, 0) is 11.2 Å². The SMILES string of the molecule is Nc1ccn2c(CC=O)cnc2c1. The largest absolute Gasteiger partial charge is 0.399 e. The third kappa shape index (κ3) is 1.26. The quantitative estimate of drug-likeness (QED) is 0.682. The van der Waals surface area contributed by atoms with Gasteiger partial charge in [-0.05, 0) is 6.07 Å². The van der Waals surface area contributed by atoms with Crippen molar-refractivity contribution >= 4 is 17.6 Å². The van der Waals surface area contributed by atoms with Gasteiger partial charge < -0.3 is 14.9 Å². The number of rotatable bonds is 2. The van der Waals surface area contributed by atoms with Crippen LogP contribution in [0.1, 0.15) is 5.69 Å². The second-order valence-electron chi connectivity index (χ2n) is 2.81. The second kappa shape index (κ2) is 2.90. The standard InChI is InChI=1S/C9H9N3O/c10-7-1-3-12-8(2-4-13)6-11-9(12)5-7/h1,3-6H,2,10H2. The summed E-state index contributed by atoms with van der Waals surface area (Å²) in [5.74, 6) is 0. The van der Waals surface area contributed by atoms with Gasteiger partial charge in [0, 0.05) is 36.3 Å². The summed E-state index contributed by atoms with van der Waals surface area (Å²) in [6.45, 7) is 0. The molecule has 4 nitrogen and oxygen atoms in total. The Bertz CT molecular complexity index is 447. The van der Waals surface area contributed by atoms with Gasteiger partial charge in [-0.25, -0.2) is 4.98 Å². The minimum absolute atomic E-state index is 0.380. The number of hydrogen-bond donors (Lipinski definition) is 1. The van der Waals surface area contributed by atoms with Crippen molar-refractivity contribution < 1.29 is 4.79 Å². The minimum Gasteiger partial charge on any atom is -0.399 e. The molecule has 13 heavy (non-hydrogen) atoms. The molecule has 0 aliphatic heterocycles. The summed E-state index contributed by atoms with van der Waals surface area (Å²) in [7, 11) is 0. The van der Waals surface area contributed by atoms with Gasteiger partial charge in [-0.1, -0.05) is 0 Å². The maximum absolute atomic E-state index is 10.3. The fraction of sp³-hybridized carbons (Fsp3) is 0.111. The Labute approximate surface area is 75.0 Å². The Morgan fingerprint density at radius 3 is 3.23 bits per heavy atom. The predicted molar refractivity (Wildman–Crippen MR) is 49.4 cm³/mol. The third-order valence-corrected chi connectivity index (χ3v) is 1.91. The van der Waals surface area contributed by atoms with Gasteiger partial charge in [0.25, 0.3) is 0 Å². The molecule has 2 rings (SSSR count). The molecule has 0 aliphatic carbocycles. The molecule has 2 heterocycles. The van der Waals surface area contributed by atoms with E-state index in [0.29, 0.717) is 12.1 Å². The van der Waals surface area contributed by atoms with Crippen LogP contribution < -0.4 is 5.73 Å². The zero-order valence-electron chi connectivity index (χ0n) is 6.97. The number of nitrogens with zero attached hydrogens (tertiary/aromatic N) is 2. The normalized spacial score (nSPS) is 10.5. The van der Waals surface area contributed by atoms with Crippen molar-refractivity contribution in [3.8, 4) is 0 Å². The Morgan fingerprint density at radius 2 is 2.46 bits per heavy atom. The van der Waals surface area contributed by atoms with Crippen LogP contribution in [0.5, 0.6) is 0 Å². The molecule has 4 heteroatoms. The topological polar surface area (TPSA) is 60.4 Å². The number of nitrogen functional groups attached to an aromatic ring is 1. The van der Waals surface area contributed by atoms with Crippen molar-refractivity contribution in [3.05, 3.63) is 30.2 Å². The van der Waals surface area contributed by atoms with Crippen LogP contribution in [-0.4, -0.2) is 15.7 Å². The van der Waals surface area contributed by atoms with E-state index in [1.807, 2.05) is 10.6 Å². The Balaban J connectivity index is 2.61. The van der Waals surface area contributed by atoms with Gasteiger partial charge in [0.05, 0.1) is 0 Å². The van der Waals surface area contributed by atoms with Gasteiger partial charge in [-0.2, -0.15) is 0 Å². The molecule has 0 bridgehead atoms. The molecule has 2 aromatic heterocycles. The lowest BCUT2D eigenvalue weighted by Crippen LogP contribution is -1.94. The smallest absolute Gasteiger partial charge is 0.138 e. The van der Waals surface area contributed by atoms with Crippen molar-refractivity contribution in [2.75, 3.05) is 5.73 Å². The van der Waals surface area contributed by atoms with Crippen LogP contribution >= 0.6 is 0 Å². The molecule has 0 aliphatic rings. The monoisotopic (exact) mass is 175 g/mol. The highest BCUT2D eigenvalue weighted by Crippen LogP contribution is 2.10. The van der Waals surface area contributed by atoms with Gasteiger partial charge in [-0.3, -0.25) is 0 Å². The lowest BCUT2D eigenvalue weighted by Gasteiger charge is -1.97. The maximum Gasteiger partial charge on any atom is 0.138 e. The van der Waals surface area contributed by atoms with Crippen LogP contribution in [0.3, 0.4) is 0 Å². The summed E-state index contributed by atoms with van der Waals surface area (Å²) >= 11 is 0. The highest BCUT2D eigenvalue weighted by Gasteiger charge is 2.01. The summed E-state index contributed by atoms with van der Waals surface area (Å²) in [5, 5.41) is 0. The summed E-state index contributed by atoms with van der Waals surface area (Å²) in [5.41, 5.74) is 7.92. The second-order valence-corrected chi connectivity index (χ2v) is 2.81. The first-order valence-corrected chi connectivity index (χ1v) is 3.96. The number of imidazole rings is 1. The van der Waals surface area contributed by atoms with Crippen molar-refractivity contribution in [1.29, 1.82) is 0 Å². The number of aromatic nitrogens is 2. The van der Waals surface area contributed by atoms with E-state index in [1.54, 1.807) is 18.3 Å². The molecular weight excluding hydrogens is 166 g/mol. The molecule has 0 atom stereocenters. The minimum atomic E-state index is 0.380. The van der Waals surface area contributed by atoms with Gasteiger partial charge in [0.2, 0.25) is 0 Å². The number of anilines is 1. The van der Waals surface area contributed by atoms with E-state index in [0.717, 1.165) is 17.6 Å². The molecule has 0 amide bonds. The van der Waals surface area contributed by atoms with Crippen LogP contribution in [0.4, 0.5) is 5.69 Å². The van der Waals surface area contributed by atoms with Crippen molar-refractivity contribution in [1.82, 2.24) is 9.38 Å². The zero-order valence-corrected chi connectivity index (χ0v) is 6.97. The average Bonchev–Trinajstić information content (AvgIpc) is 2.49. The first-order valence-electron chi connectivity index (χ1n) is 3.96. The first kappa shape index (κ1) is 7.79.